The van der Waals surface area contributed by atoms with Gasteiger partial charge in [-0.3, -0.25) is 9.69 Å². The summed E-state index contributed by atoms with van der Waals surface area (Å²) in [6.45, 7) is 6.74. The number of rotatable bonds is 3. The summed E-state index contributed by atoms with van der Waals surface area (Å²) in [6, 6.07) is 15.7. The van der Waals surface area contributed by atoms with Gasteiger partial charge in [0.1, 0.15) is 0 Å². The molecule has 2 aromatic carbocycles. The number of ether oxygens (including phenoxy) is 1. The van der Waals surface area contributed by atoms with E-state index in [1.165, 1.54) is 16.3 Å². The van der Waals surface area contributed by atoms with Gasteiger partial charge >= 0.3 is 0 Å². The Labute approximate surface area is 173 Å². The van der Waals surface area contributed by atoms with Crippen LogP contribution in [0.4, 0.5) is 0 Å². The maximum atomic E-state index is 13.2. The lowest BCUT2D eigenvalue weighted by Crippen LogP contribution is -2.55. The van der Waals surface area contributed by atoms with E-state index in [-0.39, 0.29) is 11.5 Å². The van der Waals surface area contributed by atoms with Gasteiger partial charge in [-0.05, 0) is 55.4 Å². The molecule has 2 saturated heterocycles. The van der Waals surface area contributed by atoms with Gasteiger partial charge in [0.25, 0.3) is 0 Å². The molecule has 3 fully saturated rings. The van der Waals surface area contributed by atoms with Crippen molar-refractivity contribution in [1.29, 1.82) is 0 Å². The predicted molar refractivity (Wildman–Crippen MR) is 116 cm³/mol. The quantitative estimate of drug-likeness (QED) is 0.776. The minimum Gasteiger partial charge on any atom is -0.381 e. The van der Waals surface area contributed by atoms with Gasteiger partial charge in [0.2, 0.25) is 5.91 Å². The van der Waals surface area contributed by atoms with Gasteiger partial charge < -0.3 is 9.64 Å². The van der Waals surface area contributed by atoms with E-state index in [1.54, 1.807) is 0 Å². The van der Waals surface area contributed by atoms with Crippen LogP contribution in [0.2, 0.25) is 0 Å². The molecule has 154 valence electrons. The summed E-state index contributed by atoms with van der Waals surface area (Å²) in [5, 5.41) is 2.65. The average molecular weight is 393 g/mol. The summed E-state index contributed by atoms with van der Waals surface area (Å²) in [5.41, 5.74) is 1.40. The van der Waals surface area contributed by atoms with Crippen molar-refractivity contribution in [1.82, 2.24) is 9.80 Å². The molecular formula is C25H32N2O2. The van der Waals surface area contributed by atoms with Crippen LogP contribution in [0.5, 0.6) is 0 Å². The molecule has 1 saturated carbocycles. The first-order valence-electron chi connectivity index (χ1n) is 11.3. The van der Waals surface area contributed by atoms with E-state index >= 15 is 0 Å². The summed E-state index contributed by atoms with van der Waals surface area (Å²) >= 11 is 0. The van der Waals surface area contributed by atoms with Crippen molar-refractivity contribution in [2.75, 3.05) is 32.8 Å². The molecular weight excluding hydrogens is 360 g/mol. The molecule has 29 heavy (non-hydrogen) atoms. The van der Waals surface area contributed by atoms with E-state index in [0.29, 0.717) is 11.9 Å². The number of carbonyl (C=O) groups excluding carboxylic acids is 1. The lowest BCUT2D eigenvalue weighted by atomic mass is 9.84. The van der Waals surface area contributed by atoms with E-state index in [0.717, 1.165) is 65.0 Å². The number of nitrogens with zero attached hydrogens (tertiary/aromatic N) is 2. The number of benzene rings is 2. The van der Waals surface area contributed by atoms with E-state index < -0.39 is 0 Å². The molecule has 5 rings (SSSR count). The molecule has 0 aromatic heterocycles. The highest BCUT2D eigenvalue weighted by Gasteiger charge is 2.46. The topological polar surface area (TPSA) is 32.8 Å². The zero-order valence-electron chi connectivity index (χ0n) is 17.5. The second kappa shape index (κ2) is 7.73. The second-order valence-corrected chi connectivity index (χ2v) is 9.13. The van der Waals surface area contributed by atoms with Gasteiger partial charge in [-0.15, -0.1) is 0 Å². The monoisotopic (exact) mass is 392 g/mol. The number of amides is 1. The smallest absolute Gasteiger partial charge is 0.226 e. The Kier molecular flexibility index (Phi) is 5.09. The lowest BCUT2D eigenvalue weighted by molar-refractivity contribution is -0.143. The van der Waals surface area contributed by atoms with Gasteiger partial charge in [0.15, 0.2) is 0 Å². The lowest BCUT2D eigenvalue weighted by Gasteiger charge is -2.45. The Morgan fingerprint density at radius 3 is 2.55 bits per heavy atom. The Balaban J connectivity index is 1.42. The van der Waals surface area contributed by atoms with Crippen LogP contribution in [0, 0.1) is 5.92 Å². The molecule has 1 amide bonds. The minimum absolute atomic E-state index is 0.00511. The first kappa shape index (κ1) is 19.1. The van der Waals surface area contributed by atoms with Crippen LogP contribution in [0.15, 0.2) is 42.5 Å². The molecule has 1 aliphatic carbocycles. The van der Waals surface area contributed by atoms with E-state index in [1.807, 2.05) is 0 Å². The summed E-state index contributed by atoms with van der Waals surface area (Å²) in [4.78, 5) is 18.1. The standard InChI is InChI=1S/C25H32N2O2/c1-19(22-8-4-6-20-5-2-3-7-23(20)22)26-14-11-25(12-17-29-18-13-25)27(16-15-26)24(28)21-9-10-21/h2-8,19,21H,9-18H2,1H3. The normalized spacial score (nSPS) is 23.8. The van der Waals surface area contributed by atoms with Crippen molar-refractivity contribution in [3.63, 3.8) is 0 Å². The third kappa shape index (κ3) is 3.57. The maximum absolute atomic E-state index is 13.2. The number of fused-ring (bicyclic) bond motifs is 1. The molecule has 1 spiro atoms. The Hall–Kier alpha value is -1.91. The maximum Gasteiger partial charge on any atom is 0.226 e. The third-order valence-electron chi connectivity index (χ3n) is 7.49. The summed E-state index contributed by atoms with van der Waals surface area (Å²) in [6.07, 6.45) is 5.20. The number of hydrogen-bond acceptors (Lipinski definition) is 3. The number of carbonyl (C=O) groups is 1. The van der Waals surface area contributed by atoms with Crippen molar-refractivity contribution in [3.05, 3.63) is 48.0 Å². The van der Waals surface area contributed by atoms with E-state index in [9.17, 15) is 4.79 Å². The van der Waals surface area contributed by atoms with Crippen LogP contribution in [-0.4, -0.2) is 54.1 Å². The Bertz CT molecular complexity index is 880. The Morgan fingerprint density at radius 2 is 1.76 bits per heavy atom. The fraction of sp³-hybridized carbons (Fsp3) is 0.560. The van der Waals surface area contributed by atoms with Crippen molar-refractivity contribution in [2.24, 2.45) is 5.92 Å². The van der Waals surface area contributed by atoms with Crippen LogP contribution in [0.1, 0.15) is 50.6 Å². The zero-order valence-corrected chi connectivity index (χ0v) is 17.5. The van der Waals surface area contributed by atoms with Crippen LogP contribution in [-0.2, 0) is 9.53 Å². The molecule has 0 N–H and O–H groups in total. The minimum atomic E-state index is 0.00511. The molecule has 2 aromatic rings. The highest BCUT2D eigenvalue weighted by molar-refractivity contribution is 5.86. The zero-order chi connectivity index (χ0) is 19.8. The first-order chi connectivity index (χ1) is 14.2. The van der Waals surface area contributed by atoms with Gasteiger partial charge in [-0.1, -0.05) is 42.5 Å². The molecule has 1 unspecified atom stereocenters. The van der Waals surface area contributed by atoms with Crippen molar-refractivity contribution in [2.45, 2.75) is 50.6 Å². The fourth-order valence-electron chi connectivity index (χ4n) is 5.43. The van der Waals surface area contributed by atoms with Gasteiger partial charge in [0, 0.05) is 50.3 Å². The molecule has 4 nitrogen and oxygen atoms in total. The van der Waals surface area contributed by atoms with Crippen molar-refractivity contribution < 1.29 is 9.53 Å². The van der Waals surface area contributed by atoms with Crippen molar-refractivity contribution in [3.8, 4) is 0 Å². The average Bonchev–Trinajstić information content (AvgIpc) is 3.61. The summed E-state index contributed by atoms with van der Waals surface area (Å²) in [5.74, 6) is 0.698. The fourth-order valence-corrected chi connectivity index (χ4v) is 5.43. The Morgan fingerprint density at radius 1 is 1.00 bits per heavy atom. The first-order valence-corrected chi connectivity index (χ1v) is 11.3. The van der Waals surface area contributed by atoms with Gasteiger partial charge in [0.05, 0.1) is 0 Å². The molecule has 3 aliphatic rings. The van der Waals surface area contributed by atoms with Crippen molar-refractivity contribution >= 4 is 16.7 Å². The molecule has 2 aliphatic heterocycles. The molecule has 0 bridgehead atoms. The van der Waals surface area contributed by atoms with Crippen LogP contribution in [0.3, 0.4) is 0 Å². The molecule has 2 heterocycles. The molecule has 1 atom stereocenters. The summed E-state index contributed by atoms with van der Waals surface area (Å²) in [7, 11) is 0. The largest absolute Gasteiger partial charge is 0.381 e. The third-order valence-corrected chi connectivity index (χ3v) is 7.49. The highest BCUT2D eigenvalue weighted by atomic mass is 16.5. The van der Waals surface area contributed by atoms with Crippen LogP contribution < -0.4 is 0 Å². The summed E-state index contributed by atoms with van der Waals surface area (Å²) < 4.78 is 5.68. The number of hydrogen-bond donors (Lipinski definition) is 0. The highest BCUT2D eigenvalue weighted by Crippen LogP contribution is 2.40. The second-order valence-electron chi connectivity index (χ2n) is 9.13. The van der Waals surface area contributed by atoms with E-state index in [4.69, 9.17) is 4.74 Å². The predicted octanol–water partition coefficient (Wildman–Crippen LogP) is 4.39. The van der Waals surface area contributed by atoms with Gasteiger partial charge in [-0.2, -0.15) is 0 Å². The van der Waals surface area contributed by atoms with E-state index in [2.05, 4.69) is 59.2 Å². The van der Waals surface area contributed by atoms with Crippen LogP contribution >= 0.6 is 0 Å². The van der Waals surface area contributed by atoms with Gasteiger partial charge in [-0.25, -0.2) is 0 Å². The molecule has 0 radical (unpaired) electrons. The SMILES string of the molecule is CC(c1cccc2ccccc12)N1CCN(C(=O)C2CC2)C2(CCOCC2)CC1. The molecule has 4 heteroatoms. The van der Waals surface area contributed by atoms with Crippen LogP contribution in [0.25, 0.3) is 10.8 Å².